The predicted octanol–water partition coefficient (Wildman–Crippen LogP) is 3.38. The Kier molecular flexibility index (Phi) is 5.47. The molecule has 134 valence electrons. The molecular formula is C17H12F2N2O4S. The summed E-state index contributed by atoms with van der Waals surface area (Å²) in [7, 11) is 0. The molecule has 0 aliphatic carbocycles. The predicted molar refractivity (Wildman–Crippen MR) is 90.7 cm³/mol. The van der Waals surface area contributed by atoms with Crippen LogP contribution < -0.4 is 5.32 Å². The van der Waals surface area contributed by atoms with Gasteiger partial charge in [-0.3, -0.25) is 9.59 Å². The maximum Gasteiger partial charge on any atom is 0.316 e. The number of nitrogens with zero attached hydrogens (tertiary/aromatic N) is 1. The Balaban J connectivity index is 1.47. The summed E-state index contributed by atoms with van der Waals surface area (Å²) in [5.41, 5.74) is 0.665. The van der Waals surface area contributed by atoms with Crippen molar-refractivity contribution >= 4 is 40.4 Å². The summed E-state index contributed by atoms with van der Waals surface area (Å²) in [6, 6.07) is 10.3. The standard InChI is InChI=1S/C17H12F2N2O4S/c18-10-4-3-5-11(19)16(10)21-14(22)8-24-15(23)9-26-17-20-12-6-1-2-7-13(12)25-17/h1-7H,8-9H2,(H,21,22). The average molecular weight is 378 g/mol. The van der Waals surface area contributed by atoms with Gasteiger partial charge in [0.15, 0.2) is 12.2 Å². The molecule has 0 bridgehead atoms. The van der Waals surface area contributed by atoms with Gasteiger partial charge in [-0.25, -0.2) is 13.8 Å². The van der Waals surface area contributed by atoms with E-state index in [0.29, 0.717) is 16.3 Å². The van der Waals surface area contributed by atoms with E-state index < -0.39 is 35.8 Å². The quantitative estimate of drug-likeness (QED) is 0.523. The molecule has 0 radical (unpaired) electrons. The number of carbonyl (C=O) groups excluding carboxylic acids is 2. The highest BCUT2D eigenvalue weighted by molar-refractivity contribution is 7.99. The number of fused-ring (bicyclic) bond motifs is 1. The Morgan fingerprint density at radius 1 is 1.12 bits per heavy atom. The summed E-state index contributed by atoms with van der Waals surface area (Å²) in [6.07, 6.45) is 0. The molecule has 0 fully saturated rings. The molecular weight excluding hydrogens is 366 g/mol. The molecule has 0 saturated carbocycles. The van der Waals surface area contributed by atoms with Crippen LogP contribution in [0.1, 0.15) is 0 Å². The smallest absolute Gasteiger partial charge is 0.316 e. The summed E-state index contributed by atoms with van der Waals surface area (Å²) in [5, 5.41) is 2.31. The second kappa shape index (κ2) is 7.96. The molecule has 1 amide bonds. The SMILES string of the molecule is O=C(COC(=O)CSc1nc2ccccc2o1)Nc1c(F)cccc1F. The van der Waals surface area contributed by atoms with Crippen molar-refractivity contribution in [1.29, 1.82) is 0 Å². The average Bonchev–Trinajstić information content (AvgIpc) is 3.04. The molecule has 0 saturated heterocycles. The van der Waals surface area contributed by atoms with Crippen LogP contribution in [-0.2, 0) is 14.3 Å². The van der Waals surface area contributed by atoms with Gasteiger partial charge in [-0.2, -0.15) is 0 Å². The fraction of sp³-hybridized carbons (Fsp3) is 0.118. The fourth-order valence-corrected chi connectivity index (χ4v) is 2.65. The largest absolute Gasteiger partial charge is 0.455 e. The fourth-order valence-electron chi connectivity index (χ4n) is 2.01. The number of ether oxygens (including phenoxy) is 1. The lowest BCUT2D eigenvalue weighted by Gasteiger charge is -2.07. The van der Waals surface area contributed by atoms with Gasteiger partial charge in [-0.05, 0) is 24.3 Å². The van der Waals surface area contributed by atoms with Crippen molar-refractivity contribution in [3.63, 3.8) is 0 Å². The van der Waals surface area contributed by atoms with Crippen LogP contribution in [0.3, 0.4) is 0 Å². The lowest BCUT2D eigenvalue weighted by atomic mass is 10.3. The summed E-state index contributed by atoms with van der Waals surface area (Å²) in [4.78, 5) is 27.5. The van der Waals surface area contributed by atoms with Gasteiger partial charge in [0.2, 0.25) is 0 Å². The Morgan fingerprint density at radius 3 is 2.58 bits per heavy atom. The number of benzene rings is 2. The maximum absolute atomic E-state index is 13.4. The molecule has 6 nitrogen and oxygen atoms in total. The first-order valence-electron chi connectivity index (χ1n) is 7.41. The van der Waals surface area contributed by atoms with Crippen molar-refractivity contribution in [2.24, 2.45) is 0 Å². The van der Waals surface area contributed by atoms with Crippen LogP contribution in [0.4, 0.5) is 14.5 Å². The second-order valence-electron chi connectivity index (χ2n) is 5.04. The van der Waals surface area contributed by atoms with E-state index >= 15 is 0 Å². The Bertz CT molecular complexity index is 908. The molecule has 0 unspecified atom stereocenters. The van der Waals surface area contributed by atoms with E-state index in [1.807, 2.05) is 11.4 Å². The summed E-state index contributed by atoms with van der Waals surface area (Å²) < 4.78 is 37.0. The van der Waals surface area contributed by atoms with Crippen molar-refractivity contribution in [1.82, 2.24) is 4.98 Å². The van der Waals surface area contributed by atoms with E-state index in [0.717, 1.165) is 23.9 Å². The number of thioether (sulfide) groups is 1. The van der Waals surface area contributed by atoms with Gasteiger partial charge < -0.3 is 14.5 Å². The number of rotatable bonds is 6. The van der Waals surface area contributed by atoms with Crippen LogP contribution in [0.25, 0.3) is 11.1 Å². The van der Waals surface area contributed by atoms with Crippen LogP contribution >= 0.6 is 11.8 Å². The van der Waals surface area contributed by atoms with Crippen LogP contribution in [0.5, 0.6) is 0 Å². The maximum atomic E-state index is 13.4. The molecule has 1 aromatic heterocycles. The third-order valence-electron chi connectivity index (χ3n) is 3.18. The highest BCUT2D eigenvalue weighted by Gasteiger charge is 2.15. The number of halogens is 2. The van der Waals surface area contributed by atoms with Gasteiger partial charge in [0.05, 0.1) is 0 Å². The molecule has 3 rings (SSSR count). The van der Waals surface area contributed by atoms with Crippen LogP contribution in [0.2, 0.25) is 0 Å². The molecule has 3 aromatic rings. The lowest BCUT2D eigenvalue weighted by Crippen LogP contribution is -2.22. The van der Waals surface area contributed by atoms with E-state index in [-0.39, 0.29) is 5.75 Å². The minimum absolute atomic E-state index is 0.131. The van der Waals surface area contributed by atoms with Crippen molar-refractivity contribution in [3.05, 3.63) is 54.1 Å². The van der Waals surface area contributed by atoms with Crippen LogP contribution in [-0.4, -0.2) is 29.2 Å². The molecule has 1 heterocycles. The Labute approximate surface area is 150 Å². The number of carbonyl (C=O) groups is 2. The third-order valence-corrected chi connectivity index (χ3v) is 3.98. The van der Waals surface area contributed by atoms with E-state index in [1.165, 1.54) is 6.07 Å². The Morgan fingerprint density at radius 2 is 1.85 bits per heavy atom. The Hall–Kier alpha value is -2.94. The number of esters is 1. The van der Waals surface area contributed by atoms with Gasteiger partial charge in [0.1, 0.15) is 28.6 Å². The van der Waals surface area contributed by atoms with Crippen molar-refractivity contribution in [3.8, 4) is 0 Å². The van der Waals surface area contributed by atoms with E-state index in [9.17, 15) is 18.4 Å². The minimum atomic E-state index is -0.920. The zero-order chi connectivity index (χ0) is 18.5. The monoisotopic (exact) mass is 378 g/mol. The molecule has 2 aromatic carbocycles. The van der Waals surface area contributed by atoms with E-state index in [2.05, 4.69) is 4.98 Å². The number of para-hydroxylation sites is 3. The molecule has 26 heavy (non-hydrogen) atoms. The molecule has 0 aliphatic heterocycles. The number of nitrogens with one attached hydrogen (secondary N) is 1. The van der Waals surface area contributed by atoms with Crippen LogP contribution in [0.15, 0.2) is 52.1 Å². The third kappa shape index (κ3) is 4.37. The highest BCUT2D eigenvalue weighted by atomic mass is 32.2. The topological polar surface area (TPSA) is 81.4 Å². The first kappa shape index (κ1) is 17.9. The summed E-state index contributed by atoms with van der Waals surface area (Å²) in [5.74, 6) is -3.52. The first-order chi connectivity index (χ1) is 12.5. The summed E-state index contributed by atoms with van der Waals surface area (Å²) >= 11 is 1.01. The number of anilines is 1. The molecule has 0 aliphatic rings. The van der Waals surface area contributed by atoms with Crippen molar-refractivity contribution < 1.29 is 27.5 Å². The minimum Gasteiger partial charge on any atom is -0.455 e. The van der Waals surface area contributed by atoms with Gasteiger partial charge >= 0.3 is 5.97 Å². The highest BCUT2D eigenvalue weighted by Crippen LogP contribution is 2.23. The van der Waals surface area contributed by atoms with Gasteiger partial charge in [0.25, 0.3) is 11.1 Å². The molecule has 0 atom stereocenters. The molecule has 9 heteroatoms. The van der Waals surface area contributed by atoms with Crippen molar-refractivity contribution in [2.45, 2.75) is 5.22 Å². The second-order valence-corrected chi connectivity index (χ2v) is 5.97. The summed E-state index contributed by atoms with van der Waals surface area (Å²) in [6.45, 7) is -0.666. The van der Waals surface area contributed by atoms with E-state index in [1.54, 1.807) is 18.2 Å². The zero-order valence-corrected chi connectivity index (χ0v) is 14.0. The van der Waals surface area contributed by atoms with Crippen molar-refractivity contribution in [2.75, 3.05) is 17.7 Å². The van der Waals surface area contributed by atoms with E-state index in [4.69, 9.17) is 9.15 Å². The first-order valence-corrected chi connectivity index (χ1v) is 8.39. The van der Waals surface area contributed by atoms with Crippen LogP contribution in [0, 0.1) is 11.6 Å². The number of amides is 1. The number of hydrogen-bond acceptors (Lipinski definition) is 6. The van der Waals surface area contributed by atoms with Gasteiger partial charge in [-0.1, -0.05) is 30.0 Å². The number of oxazole rings is 1. The van der Waals surface area contributed by atoms with Gasteiger partial charge in [-0.15, -0.1) is 0 Å². The number of aromatic nitrogens is 1. The molecule has 1 N–H and O–H groups in total. The molecule has 0 spiro atoms. The lowest BCUT2D eigenvalue weighted by molar-refractivity contribution is -0.144. The number of hydrogen-bond donors (Lipinski definition) is 1. The zero-order valence-electron chi connectivity index (χ0n) is 13.2. The van der Waals surface area contributed by atoms with Gasteiger partial charge in [0, 0.05) is 0 Å². The normalized spacial score (nSPS) is 10.7.